The van der Waals surface area contributed by atoms with Crippen LogP contribution in [0, 0.1) is 5.82 Å². The van der Waals surface area contributed by atoms with Crippen LogP contribution in [0.2, 0.25) is 0 Å². The lowest BCUT2D eigenvalue weighted by Gasteiger charge is -2.26. The number of thioether (sulfide) groups is 1. The predicted octanol–water partition coefficient (Wildman–Crippen LogP) is 2.62. The largest absolute Gasteiger partial charge is 0.379 e. The minimum absolute atomic E-state index is 0.0175. The van der Waals surface area contributed by atoms with Gasteiger partial charge in [0.15, 0.2) is 16.8 Å². The molecule has 1 aliphatic rings. The Morgan fingerprint density at radius 2 is 1.78 bits per heavy atom. The molecule has 32 heavy (non-hydrogen) atoms. The smallest absolute Gasteiger partial charge is 0.243 e. The van der Waals surface area contributed by atoms with Gasteiger partial charge in [0.1, 0.15) is 5.82 Å². The Morgan fingerprint density at radius 3 is 2.47 bits per heavy atom. The van der Waals surface area contributed by atoms with Crippen LogP contribution in [0.5, 0.6) is 0 Å². The van der Waals surface area contributed by atoms with Crippen LogP contribution in [-0.2, 0) is 21.8 Å². The maximum absolute atomic E-state index is 13.8. The number of carbonyl (C=O) groups is 1. The summed E-state index contributed by atoms with van der Waals surface area (Å²) in [6, 6.07) is 12.3. The van der Waals surface area contributed by atoms with Crippen LogP contribution in [0.3, 0.4) is 0 Å². The van der Waals surface area contributed by atoms with Gasteiger partial charge in [0, 0.05) is 25.7 Å². The first-order valence-corrected chi connectivity index (χ1v) is 12.3. The number of nitrogens with zero attached hydrogens (tertiary/aromatic N) is 4. The number of hydrogen-bond donors (Lipinski definition) is 0. The second-order valence-electron chi connectivity index (χ2n) is 7.10. The van der Waals surface area contributed by atoms with Crippen molar-refractivity contribution < 1.29 is 22.3 Å². The van der Waals surface area contributed by atoms with Gasteiger partial charge in [-0.05, 0) is 36.4 Å². The molecule has 0 unspecified atom stereocenters. The quantitative estimate of drug-likeness (QED) is 0.382. The molecule has 0 bridgehead atoms. The van der Waals surface area contributed by atoms with Crippen LogP contribution < -0.4 is 0 Å². The van der Waals surface area contributed by atoms with Gasteiger partial charge in [0.2, 0.25) is 10.0 Å². The molecule has 0 N–H and O–H groups in total. The summed E-state index contributed by atoms with van der Waals surface area (Å²) in [5.41, 5.74) is 0.729. The zero-order valence-corrected chi connectivity index (χ0v) is 18.9. The van der Waals surface area contributed by atoms with E-state index in [1.54, 1.807) is 41.9 Å². The highest BCUT2D eigenvalue weighted by atomic mass is 32.2. The minimum Gasteiger partial charge on any atom is -0.379 e. The van der Waals surface area contributed by atoms with Crippen LogP contribution in [0.25, 0.3) is 11.4 Å². The molecule has 1 saturated heterocycles. The standard InChI is InChI=1S/C21H21FN4O4S2/c1-25-20(23-24-21(25)31-14-19(27)17-4-2-3-5-18(17)22)15-6-8-16(9-7-15)32(28,29)26-10-12-30-13-11-26/h2-9H,10-14H2,1H3. The van der Waals surface area contributed by atoms with Gasteiger partial charge in [-0.2, -0.15) is 4.31 Å². The number of benzene rings is 2. The fourth-order valence-electron chi connectivity index (χ4n) is 3.30. The zero-order valence-electron chi connectivity index (χ0n) is 17.3. The molecule has 1 aromatic heterocycles. The normalized spacial score (nSPS) is 15.1. The minimum atomic E-state index is -3.58. The number of morpholine rings is 1. The second kappa shape index (κ2) is 9.49. The summed E-state index contributed by atoms with van der Waals surface area (Å²) in [7, 11) is -1.82. The number of halogens is 1. The fourth-order valence-corrected chi connectivity index (χ4v) is 5.50. The monoisotopic (exact) mass is 476 g/mol. The molecule has 11 heteroatoms. The maximum atomic E-state index is 13.8. The van der Waals surface area contributed by atoms with Crippen LogP contribution in [0.1, 0.15) is 10.4 Å². The van der Waals surface area contributed by atoms with Crippen molar-refractivity contribution >= 4 is 27.6 Å². The number of hydrogen-bond acceptors (Lipinski definition) is 7. The summed E-state index contributed by atoms with van der Waals surface area (Å²) in [6.07, 6.45) is 0. The van der Waals surface area contributed by atoms with Crippen molar-refractivity contribution in [1.82, 2.24) is 19.1 Å². The summed E-state index contributed by atoms with van der Waals surface area (Å²) < 4.78 is 47.7. The number of ketones is 1. The Kier molecular flexibility index (Phi) is 6.70. The van der Waals surface area contributed by atoms with E-state index < -0.39 is 15.8 Å². The molecule has 8 nitrogen and oxygen atoms in total. The predicted molar refractivity (Wildman–Crippen MR) is 117 cm³/mol. The number of sulfonamides is 1. The number of aromatic nitrogens is 3. The lowest BCUT2D eigenvalue weighted by Crippen LogP contribution is -2.40. The summed E-state index contributed by atoms with van der Waals surface area (Å²) >= 11 is 1.16. The van der Waals surface area contributed by atoms with Crippen molar-refractivity contribution in [2.75, 3.05) is 32.1 Å². The molecule has 168 valence electrons. The van der Waals surface area contributed by atoms with Gasteiger partial charge in [-0.3, -0.25) is 4.79 Å². The van der Waals surface area contributed by atoms with E-state index in [4.69, 9.17) is 4.74 Å². The van der Waals surface area contributed by atoms with E-state index >= 15 is 0 Å². The molecule has 2 heterocycles. The lowest BCUT2D eigenvalue weighted by molar-refractivity contribution is 0.0730. The van der Waals surface area contributed by atoms with Gasteiger partial charge in [0.25, 0.3) is 0 Å². The first-order chi connectivity index (χ1) is 15.4. The Balaban J connectivity index is 1.47. The SMILES string of the molecule is Cn1c(SCC(=O)c2ccccc2F)nnc1-c1ccc(S(=O)(=O)N2CCOCC2)cc1. The Hall–Kier alpha value is -2.60. The highest BCUT2D eigenvalue weighted by Crippen LogP contribution is 2.26. The first-order valence-electron chi connectivity index (χ1n) is 9.86. The van der Waals surface area contributed by atoms with Crippen molar-refractivity contribution in [3.8, 4) is 11.4 Å². The maximum Gasteiger partial charge on any atom is 0.243 e. The summed E-state index contributed by atoms with van der Waals surface area (Å²) in [4.78, 5) is 12.5. The second-order valence-corrected chi connectivity index (χ2v) is 9.98. The van der Waals surface area contributed by atoms with E-state index in [0.29, 0.717) is 42.8 Å². The van der Waals surface area contributed by atoms with Crippen molar-refractivity contribution in [3.05, 3.63) is 59.9 Å². The molecule has 1 aliphatic heterocycles. The van der Waals surface area contributed by atoms with E-state index in [2.05, 4.69) is 10.2 Å². The third-order valence-electron chi connectivity index (χ3n) is 5.06. The van der Waals surface area contributed by atoms with Crippen LogP contribution >= 0.6 is 11.8 Å². The molecule has 4 rings (SSSR count). The number of ether oxygens (including phenoxy) is 1. The summed E-state index contributed by atoms with van der Waals surface area (Å²) in [5.74, 6) is -0.343. The van der Waals surface area contributed by atoms with Gasteiger partial charge in [-0.1, -0.05) is 23.9 Å². The van der Waals surface area contributed by atoms with Gasteiger partial charge < -0.3 is 9.30 Å². The first kappa shape index (κ1) is 22.6. The van der Waals surface area contributed by atoms with Crippen molar-refractivity contribution in [2.24, 2.45) is 7.05 Å². The van der Waals surface area contributed by atoms with E-state index in [0.717, 1.165) is 11.8 Å². The van der Waals surface area contributed by atoms with Gasteiger partial charge in [-0.25, -0.2) is 12.8 Å². The molecule has 0 radical (unpaired) electrons. The topological polar surface area (TPSA) is 94.4 Å². The molecule has 0 saturated carbocycles. The molecule has 0 atom stereocenters. The van der Waals surface area contributed by atoms with E-state index in [1.165, 1.54) is 22.5 Å². The van der Waals surface area contributed by atoms with Crippen molar-refractivity contribution in [3.63, 3.8) is 0 Å². The van der Waals surface area contributed by atoms with E-state index in [1.807, 2.05) is 0 Å². The molecule has 1 fully saturated rings. The molecule has 3 aromatic rings. The zero-order chi connectivity index (χ0) is 22.7. The van der Waals surface area contributed by atoms with Crippen LogP contribution in [0.15, 0.2) is 58.6 Å². The molecule has 0 aliphatic carbocycles. The number of rotatable bonds is 7. The highest BCUT2D eigenvalue weighted by molar-refractivity contribution is 7.99. The van der Waals surface area contributed by atoms with E-state index in [9.17, 15) is 17.6 Å². The average molecular weight is 477 g/mol. The lowest BCUT2D eigenvalue weighted by atomic mass is 10.1. The van der Waals surface area contributed by atoms with Gasteiger partial charge in [-0.15, -0.1) is 10.2 Å². The average Bonchev–Trinajstić information content (AvgIpc) is 3.18. The summed E-state index contributed by atoms with van der Waals surface area (Å²) in [6.45, 7) is 1.44. The van der Waals surface area contributed by atoms with Crippen LogP contribution in [0.4, 0.5) is 4.39 Å². The Bertz CT molecular complexity index is 1220. The molecule has 0 amide bonds. The van der Waals surface area contributed by atoms with Crippen molar-refractivity contribution in [1.29, 1.82) is 0 Å². The number of Topliss-reactive ketones (excluding diaryl/α,β-unsaturated/α-hetero) is 1. The molecule has 2 aromatic carbocycles. The third kappa shape index (κ3) is 4.60. The highest BCUT2D eigenvalue weighted by Gasteiger charge is 2.26. The number of carbonyl (C=O) groups excluding carboxylic acids is 1. The molecular weight excluding hydrogens is 455 g/mol. The summed E-state index contributed by atoms with van der Waals surface area (Å²) in [5, 5.41) is 8.78. The Morgan fingerprint density at radius 1 is 1.09 bits per heavy atom. The van der Waals surface area contributed by atoms with Gasteiger partial charge >= 0.3 is 0 Å². The molecular formula is C21H21FN4O4S2. The fraction of sp³-hybridized carbons (Fsp3) is 0.286. The Labute approximate surface area is 189 Å². The third-order valence-corrected chi connectivity index (χ3v) is 7.99. The van der Waals surface area contributed by atoms with Gasteiger partial charge in [0.05, 0.1) is 29.4 Å². The molecule has 0 spiro atoms. The van der Waals surface area contributed by atoms with E-state index in [-0.39, 0.29) is 22.0 Å². The van der Waals surface area contributed by atoms with Crippen LogP contribution in [-0.4, -0.2) is 65.3 Å². The van der Waals surface area contributed by atoms with Crippen molar-refractivity contribution in [2.45, 2.75) is 10.1 Å².